The Morgan fingerprint density at radius 2 is 1.89 bits per heavy atom. The lowest BCUT2D eigenvalue weighted by Crippen LogP contribution is -2.13. The molecule has 2 rings (SSSR count). The lowest BCUT2D eigenvalue weighted by Gasteiger charge is -2.06. The zero-order valence-corrected chi connectivity index (χ0v) is 9.77. The van der Waals surface area contributed by atoms with Gasteiger partial charge in [0.1, 0.15) is 5.82 Å². The number of halogens is 1. The minimum absolute atomic E-state index is 0.197. The van der Waals surface area contributed by atoms with Gasteiger partial charge in [0.25, 0.3) is 0 Å². The highest BCUT2D eigenvalue weighted by molar-refractivity contribution is 5.90. The van der Waals surface area contributed by atoms with Crippen LogP contribution in [0.25, 0.3) is 0 Å². The summed E-state index contributed by atoms with van der Waals surface area (Å²) >= 11 is 0. The van der Waals surface area contributed by atoms with Gasteiger partial charge in [-0.1, -0.05) is 12.1 Å². The monoisotopic (exact) mass is 244 g/mol. The van der Waals surface area contributed by atoms with E-state index in [-0.39, 0.29) is 11.6 Å². The molecule has 0 saturated carbocycles. The summed E-state index contributed by atoms with van der Waals surface area (Å²) in [5.74, 6) is -0.619. The summed E-state index contributed by atoms with van der Waals surface area (Å²) in [7, 11) is 0. The van der Waals surface area contributed by atoms with E-state index in [1.54, 1.807) is 30.6 Å². The van der Waals surface area contributed by atoms with E-state index in [2.05, 4.69) is 10.3 Å². The summed E-state index contributed by atoms with van der Waals surface area (Å²) in [5.41, 5.74) is 1.26. The van der Waals surface area contributed by atoms with Crippen LogP contribution in [0.4, 0.5) is 10.1 Å². The van der Waals surface area contributed by atoms with Gasteiger partial charge in [-0.15, -0.1) is 0 Å². The third-order valence-electron chi connectivity index (χ3n) is 2.54. The van der Waals surface area contributed by atoms with Crippen LogP contribution in [0.2, 0.25) is 0 Å². The fourth-order valence-electron chi connectivity index (χ4n) is 1.58. The molecule has 1 amide bonds. The maximum Gasteiger partial charge on any atom is 0.224 e. The average molecular weight is 244 g/mol. The van der Waals surface area contributed by atoms with Gasteiger partial charge in [0, 0.05) is 18.8 Å². The van der Waals surface area contributed by atoms with E-state index >= 15 is 0 Å². The number of nitrogens with one attached hydrogen (secondary N) is 1. The van der Waals surface area contributed by atoms with E-state index in [0.717, 1.165) is 5.56 Å². The van der Waals surface area contributed by atoms with Crippen molar-refractivity contribution in [1.82, 2.24) is 4.98 Å². The van der Waals surface area contributed by atoms with Crippen LogP contribution in [0, 0.1) is 5.82 Å². The number of anilines is 1. The first-order valence-electron chi connectivity index (χ1n) is 5.69. The molecule has 92 valence electrons. The van der Waals surface area contributed by atoms with Gasteiger partial charge in [-0.3, -0.25) is 9.78 Å². The zero-order chi connectivity index (χ0) is 12.8. The van der Waals surface area contributed by atoms with Crippen molar-refractivity contribution < 1.29 is 9.18 Å². The molecule has 1 aromatic heterocycles. The Kier molecular flexibility index (Phi) is 4.02. The molecule has 2 aromatic rings. The lowest BCUT2D eigenvalue weighted by molar-refractivity contribution is -0.116. The number of benzene rings is 1. The van der Waals surface area contributed by atoms with E-state index in [9.17, 15) is 9.18 Å². The number of aromatic nitrogens is 1. The van der Waals surface area contributed by atoms with Gasteiger partial charge in [-0.2, -0.15) is 0 Å². The quantitative estimate of drug-likeness (QED) is 0.898. The number of hydrogen-bond donors (Lipinski definition) is 1. The van der Waals surface area contributed by atoms with Crippen molar-refractivity contribution in [2.75, 3.05) is 5.32 Å². The molecule has 0 radical (unpaired) electrons. The molecule has 4 heteroatoms. The first-order valence-corrected chi connectivity index (χ1v) is 5.69. The molecule has 0 unspecified atom stereocenters. The normalized spacial score (nSPS) is 10.1. The first-order chi connectivity index (χ1) is 8.75. The molecule has 1 heterocycles. The van der Waals surface area contributed by atoms with Crippen LogP contribution < -0.4 is 5.32 Å². The number of nitrogens with zero attached hydrogens (tertiary/aromatic N) is 1. The third-order valence-corrected chi connectivity index (χ3v) is 2.54. The summed E-state index contributed by atoms with van der Waals surface area (Å²) in [6.45, 7) is 0. The Morgan fingerprint density at radius 1 is 1.17 bits per heavy atom. The molecule has 0 bridgehead atoms. The molecular formula is C14H13FN2O. The third kappa shape index (κ3) is 3.38. The van der Waals surface area contributed by atoms with Gasteiger partial charge in [-0.25, -0.2) is 4.39 Å². The molecule has 0 atom stereocenters. The summed E-state index contributed by atoms with van der Waals surface area (Å²) in [6, 6.07) is 9.84. The molecule has 18 heavy (non-hydrogen) atoms. The SMILES string of the molecule is O=C(CCc1ccncc1)Nc1ccccc1F. The highest BCUT2D eigenvalue weighted by Gasteiger charge is 2.06. The van der Waals surface area contributed by atoms with Gasteiger partial charge < -0.3 is 5.32 Å². The molecule has 0 fully saturated rings. The molecule has 0 aliphatic carbocycles. The Bertz CT molecular complexity index is 528. The Morgan fingerprint density at radius 3 is 2.61 bits per heavy atom. The number of hydrogen-bond acceptors (Lipinski definition) is 2. The Balaban J connectivity index is 1.88. The maximum absolute atomic E-state index is 13.3. The summed E-state index contributed by atoms with van der Waals surface area (Å²) in [5, 5.41) is 2.55. The van der Waals surface area contributed by atoms with Crippen LogP contribution >= 0.6 is 0 Å². The predicted molar refractivity (Wildman–Crippen MR) is 67.6 cm³/mol. The molecule has 3 nitrogen and oxygen atoms in total. The van der Waals surface area contributed by atoms with Gasteiger partial charge in [0.05, 0.1) is 5.69 Å². The number of amides is 1. The second-order valence-corrected chi connectivity index (χ2v) is 3.88. The predicted octanol–water partition coefficient (Wildman–Crippen LogP) is 2.79. The number of pyridine rings is 1. The van der Waals surface area contributed by atoms with Crippen molar-refractivity contribution in [1.29, 1.82) is 0 Å². The summed E-state index contributed by atoms with van der Waals surface area (Å²) in [4.78, 5) is 15.5. The minimum atomic E-state index is -0.422. The van der Waals surface area contributed by atoms with Gasteiger partial charge >= 0.3 is 0 Å². The fraction of sp³-hybridized carbons (Fsp3) is 0.143. The van der Waals surface area contributed by atoms with Crippen molar-refractivity contribution in [3.8, 4) is 0 Å². The molecule has 1 aromatic carbocycles. The van der Waals surface area contributed by atoms with Gasteiger partial charge in [-0.05, 0) is 36.2 Å². The standard InChI is InChI=1S/C14H13FN2O/c15-12-3-1-2-4-13(12)17-14(18)6-5-11-7-9-16-10-8-11/h1-4,7-10H,5-6H2,(H,17,18). The van der Waals surface area contributed by atoms with Gasteiger partial charge in [0.15, 0.2) is 0 Å². The zero-order valence-electron chi connectivity index (χ0n) is 9.77. The van der Waals surface area contributed by atoms with E-state index in [4.69, 9.17) is 0 Å². The molecule has 0 aliphatic heterocycles. The fourth-order valence-corrected chi connectivity index (χ4v) is 1.58. The van der Waals surface area contributed by atoms with Crippen molar-refractivity contribution >= 4 is 11.6 Å². The maximum atomic E-state index is 13.3. The number of carbonyl (C=O) groups is 1. The Labute approximate surface area is 105 Å². The second kappa shape index (κ2) is 5.91. The van der Waals surface area contributed by atoms with E-state index in [1.165, 1.54) is 6.07 Å². The van der Waals surface area contributed by atoms with Crippen LogP contribution in [0.15, 0.2) is 48.8 Å². The van der Waals surface area contributed by atoms with Crippen molar-refractivity contribution in [2.45, 2.75) is 12.8 Å². The Hall–Kier alpha value is -2.23. The number of carbonyl (C=O) groups excluding carboxylic acids is 1. The molecule has 0 saturated heterocycles. The van der Waals surface area contributed by atoms with Crippen LogP contribution in [-0.2, 0) is 11.2 Å². The minimum Gasteiger partial charge on any atom is -0.324 e. The molecule has 0 spiro atoms. The van der Waals surface area contributed by atoms with Crippen molar-refractivity contribution in [3.63, 3.8) is 0 Å². The molecular weight excluding hydrogens is 231 g/mol. The van der Waals surface area contributed by atoms with E-state index in [1.807, 2.05) is 12.1 Å². The van der Waals surface area contributed by atoms with Crippen molar-refractivity contribution in [2.24, 2.45) is 0 Å². The van der Waals surface area contributed by atoms with Crippen LogP contribution in [0.5, 0.6) is 0 Å². The average Bonchev–Trinajstić information content (AvgIpc) is 2.40. The topological polar surface area (TPSA) is 42.0 Å². The van der Waals surface area contributed by atoms with E-state index < -0.39 is 5.82 Å². The van der Waals surface area contributed by atoms with Crippen LogP contribution in [-0.4, -0.2) is 10.9 Å². The van der Waals surface area contributed by atoms with Crippen LogP contribution in [0.3, 0.4) is 0 Å². The van der Waals surface area contributed by atoms with Crippen molar-refractivity contribution in [3.05, 3.63) is 60.2 Å². The number of para-hydroxylation sites is 1. The summed E-state index contributed by atoms with van der Waals surface area (Å²) < 4.78 is 13.3. The highest BCUT2D eigenvalue weighted by Crippen LogP contribution is 2.13. The van der Waals surface area contributed by atoms with Gasteiger partial charge in [0.2, 0.25) is 5.91 Å². The smallest absolute Gasteiger partial charge is 0.224 e. The summed E-state index contributed by atoms with van der Waals surface area (Å²) in [6.07, 6.45) is 4.30. The number of rotatable bonds is 4. The second-order valence-electron chi connectivity index (χ2n) is 3.88. The molecule has 0 aliphatic rings. The number of aryl methyl sites for hydroxylation is 1. The van der Waals surface area contributed by atoms with Crippen LogP contribution in [0.1, 0.15) is 12.0 Å². The van der Waals surface area contributed by atoms with E-state index in [0.29, 0.717) is 12.8 Å². The highest BCUT2D eigenvalue weighted by atomic mass is 19.1. The largest absolute Gasteiger partial charge is 0.324 e. The lowest BCUT2D eigenvalue weighted by atomic mass is 10.1. The molecule has 1 N–H and O–H groups in total. The first kappa shape index (κ1) is 12.2.